The molecule has 3 N–H and O–H groups in total. The monoisotopic (exact) mass is 294 g/mol. The first-order valence-electron chi connectivity index (χ1n) is 8.06. The summed E-state index contributed by atoms with van der Waals surface area (Å²) >= 11 is 0. The summed E-state index contributed by atoms with van der Waals surface area (Å²) < 4.78 is 13.3. The van der Waals surface area contributed by atoms with Crippen molar-refractivity contribution in [2.75, 3.05) is 19.8 Å². The van der Waals surface area contributed by atoms with Crippen molar-refractivity contribution in [1.82, 2.24) is 15.2 Å². The Morgan fingerprint density at radius 1 is 1.33 bits per heavy atom. The summed E-state index contributed by atoms with van der Waals surface area (Å²) in [6, 6.07) is 2.72. The molecule has 1 saturated carbocycles. The predicted molar refractivity (Wildman–Crippen MR) is 79.7 cm³/mol. The van der Waals surface area contributed by atoms with Crippen molar-refractivity contribution in [3.8, 4) is 0 Å². The van der Waals surface area contributed by atoms with Crippen LogP contribution in [-0.4, -0.2) is 41.7 Å². The normalized spacial score (nSPS) is 25.9. The van der Waals surface area contributed by atoms with E-state index in [0.29, 0.717) is 25.9 Å². The van der Waals surface area contributed by atoms with Crippen molar-refractivity contribution >= 4 is 0 Å². The summed E-state index contributed by atoms with van der Waals surface area (Å²) in [5.41, 5.74) is 3.92. The second-order valence-corrected chi connectivity index (χ2v) is 6.04. The van der Waals surface area contributed by atoms with Crippen molar-refractivity contribution in [2.45, 2.75) is 56.7 Å². The Kier molecular flexibility index (Phi) is 5.24. The predicted octanol–water partition coefficient (Wildman–Crippen LogP) is 1.18. The van der Waals surface area contributed by atoms with Crippen LogP contribution < -0.4 is 11.3 Å². The van der Waals surface area contributed by atoms with Crippen molar-refractivity contribution in [3.63, 3.8) is 0 Å². The topological polar surface area (TPSA) is 74.3 Å². The fourth-order valence-corrected chi connectivity index (χ4v) is 3.30. The van der Waals surface area contributed by atoms with Crippen LogP contribution in [0.15, 0.2) is 12.3 Å². The summed E-state index contributed by atoms with van der Waals surface area (Å²) in [6.45, 7) is 1.90. The van der Waals surface area contributed by atoms with Gasteiger partial charge in [0.2, 0.25) is 0 Å². The molecule has 2 atom stereocenters. The largest absolute Gasteiger partial charge is 0.376 e. The lowest BCUT2D eigenvalue weighted by Crippen LogP contribution is -2.50. The van der Waals surface area contributed by atoms with E-state index in [9.17, 15) is 0 Å². The van der Waals surface area contributed by atoms with E-state index < -0.39 is 0 Å². The lowest BCUT2D eigenvalue weighted by atomic mass is 9.96. The molecule has 118 valence electrons. The standard InChI is InChI=1S/C15H26N4O2/c16-17-14(15-11-20-8-9-21-15)10-12-6-7-19(18-12)13-4-2-1-3-5-13/h6-7,13-15,17H,1-5,8-11,16H2. The van der Waals surface area contributed by atoms with Crippen molar-refractivity contribution < 1.29 is 9.47 Å². The van der Waals surface area contributed by atoms with Crippen molar-refractivity contribution in [3.05, 3.63) is 18.0 Å². The third-order valence-electron chi connectivity index (χ3n) is 4.55. The van der Waals surface area contributed by atoms with E-state index in [1.165, 1.54) is 32.1 Å². The van der Waals surface area contributed by atoms with E-state index in [-0.39, 0.29) is 12.1 Å². The van der Waals surface area contributed by atoms with Crippen LogP contribution in [0.25, 0.3) is 0 Å². The highest BCUT2D eigenvalue weighted by Crippen LogP contribution is 2.27. The number of hydrazine groups is 1. The van der Waals surface area contributed by atoms with E-state index in [1.54, 1.807) is 0 Å². The lowest BCUT2D eigenvalue weighted by molar-refractivity contribution is -0.101. The van der Waals surface area contributed by atoms with Gasteiger partial charge in [0.25, 0.3) is 0 Å². The molecule has 1 saturated heterocycles. The van der Waals surface area contributed by atoms with Crippen LogP contribution in [-0.2, 0) is 15.9 Å². The maximum Gasteiger partial charge on any atom is 0.0979 e. The number of nitrogens with zero attached hydrogens (tertiary/aromatic N) is 2. The molecule has 2 heterocycles. The van der Waals surface area contributed by atoms with Gasteiger partial charge >= 0.3 is 0 Å². The molecule has 21 heavy (non-hydrogen) atoms. The zero-order valence-electron chi connectivity index (χ0n) is 12.5. The molecule has 3 rings (SSSR count). The minimum atomic E-state index is 0.00332. The first-order chi connectivity index (χ1) is 10.4. The Hall–Kier alpha value is -0.950. The maximum absolute atomic E-state index is 5.72. The van der Waals surface area contributed by atoms with Gasteiger partial charge < -0.3 is 9.47 Å². The minimum Gasteiger partial charge on any atom is -0.376 e. The molecule has 0 amide bonds. The molecule has 0 radical (unpaired) electrons. The third-order valence-corrected chi connectivity index (χ3v) is 4.55. The van der Waals surface area contributed by atoms with Crippen LogP contribution in [0.3, 0.4) is 0 Å². The molecule has 0 spiro atoms. The molecule has 6 heteroatoms. The van der Waals surface area contributed by atoms with Crippen LogP contribution in [0.5, 0.6) is 0 Å². The molecule has 1 aromatic rings. The van der Waals surface area contributed by atoms with Gasteiger partial charge in [-0.15, -0.1) is 0 Å². The molecule has 1 aliphatic heterocycles. The Morgan fingerprint density at radius 2 is 2.19 bits per heavy atom. The van der Waals surface area contributed by atoms with Crippen LogP contribution in [0, 0.1) is 0 Å². The fraction of sp³-hybridized carbons (Fsp3) is 0.800. The van der Waals surface area contributed by atoms with Gasteiger partial charge in [-0.1, -0.05) is 19.3 Å². The van der Waals surface area contributed by atoms with E-state index in [0.717, 1.165) is 12.1 Å². The Morgan fingerprint density at radius 3 is 2.90 bits per heavy atom. The maximum atomic E-state index is 5.72. The van der Waals surface area contributed by atoms with Gasteiger partial charge in [0.05, 0.1) is 43.7 Å². The second kappa shape index (κ2) is 7.35. The lowest BCUT2D eigenvalue weighted by Gasteiger charge is -2.29. The highest BCUT2D eigenvalue weighted by Gasteiger charge is 2.25. The molecule has 1 aliphatic carbocycles. The first-order valence-corrected chi connectivity index (χ1v) is 8.06. The van der Waals surface area contributed by atoms with Crippen LogP contribution in [0.2, 0.25) is 0 Å². The van der Waals surface area contributed by atoms with E-state index >= 15 is 0 Å². The zero-order chi connectivity index (χ0) is 14.5. The minimum absolute atomic E-state index is 0.00332. The van der Waals surface area contributed by atoms with E-state index in [4.69, 9.17) is 20.4 Å². The molecule has 6 nitrogen and oxygen atoms in total. The number of nitrogens with one attached hydrogen (secondary N) is 1. The summed E-state index contributed by atoms with van der Waals surface area (Å²) in [5.74, 6) is 5.68. The number of aromatic nitrogens is 2. The van der Waals surface area contributed by atoms with Gasteiger partial charge in [-0.05, 0) is 18.9 Å². The Balaban J connectivity index is 1.59. The molecular weight excluding hydrogens is 268 g/mol. The SMILES string of the molecule is NNC(Cc1ccn(C2CCCCC2)n1)C1COCCO1. The van der Waals surface area contributed by atoms with Gasteiger partial charge in [0.1, 0.15) is 0 Å². The Labute approximate surface area is 125 Å². The summed E-state index contributed by atoms with van der Waals surface area (Å²) in [4.78, 5) is 0. The van der Waals surface area contributed by atoms with Crippen molar-refractivity contribution in [1.29, 1.82) is 0 Å². The number of hydrogen-bond acceptors (Lipinski definition) is 5. The Bertz CT molecular complexity index is 425. The van der Waals surface area contributed by atoms with Crippen molar-refractivity contribution in [2.24, 2.45) is 5.84 Å². The van der Waals surface area contributed by atoms with Gasteiger partial charge in [0.15, 0.2) is 0 Å². The van der Waals surface area contributed by atoms with Crippen LogP contribution >= 0.6 is 0 Å². The zero-order valence-corrected chi connectivity index (χ0v) is 12.5. The van der Waals surface area contributed by atoms with Crippen LogP contribution in [0.1, 0.15) is 43.8 Å². The van der Waals surface area contributed by atoms with Gasteiger partial charge in [-0.25, -0.2) is 0 Å². The first kappa shape index (κ1) is 15.0. The number of hydrogen-bond donors (Lipinski definition) is 2. The van der Waals surface area contributed by atoms with E-state index in [2.05, 4.69) is 22.4 Å². The molecule has 0 aromatic carbocycles. The molecular formula is C15H26N4O2. The number of ether oxygens (including phenoxy) is 2. The quantitative estimate of drug-likeness (QED) is 0.630. The summed E-state index contributed by atoms with van der Waals surface area (Å²) in [7, 11) is 0. The fourth-order valence-electron chi connectivity index (χ4n) is 3.30. The summed E-state index contributed by atoms with van der Waals surface area (Å²) in [6.07, 6.45) is 9.38. The van der Waals surface area contributed by atoms with Gasteiger partial charge in [-0.3, -0.25) is 16.0 Å². The molecule has 0 bridgehead atoms. The average Bonchev–Trinajstić information content (AvgIpc) is 3.03. The number of nitrogens with two attached hydrogens (primary N) is 1. The molecule has 1 aromatic heterocycles. The average molecular weight is 294 g/mol. The third kappa shape index (κ3) is 3.83. The smallest absolute Gasteiger partial charge is 0.0979 e. The van der Waals surface area contributed by atoms with Crippen LogP contribution in [0.4, 0.5) is 0 Å². The van der Waals surface area contributed by atoms with Gasteiger partial charge in [-0.2, -0.15) is 5.10 Å². The molecule has 2 aliphatic rings. The molecule has 2 unspecified atom stereocenters. The van der Waals surface area contributed by atoms with Gasteiger partial charge in [0, 0.05) is 12.6 Å². The number of rotatable bonds is 5. The van der Waals surface area contributed by atoms with E-state index in [1.807, 2.05) is 0 Å². The molecule has 2 fully saturated rings. The highest BCUT2D eigenvalue weighted by molar-refractivity contribution is 5.03. The summed E-state index contributed by atoms with van der Waals surface area (Å²) in [5, 5.41) is 4.74. The highest BCUT2D eigenvalue weighted by atomic mass is 16.6. The second-order valence-electron chi connectivity index (χ2n) is 6.04.